The molecule has 0 saturated heterocycles. The summed E-state index contributed by atoms with van der Waals surface area (Å²) in [6, 6.07) is 0. The summed E-state index contributed by atoms with van der Waals surface area (Å²) in [4.78, 5) is 0. The zero-order chi connectivity index (χ0) is 10.5. The second-order valence-electron chi connectivity index (χ2n) is 4.24. The van der Waals surface area contributed by atoms with Crippen LogP contribution in [0.1, 0.15) is 78.5 Å². The first-order valence-electron chi connectivity index (χ1n) is 7.00. The van der Waals surface area contributed by atoms with Crippen LogP contribution >= 0.6 is 0 Å². The normalized spacial score (nSPS) is 19.7. The van der Waals surface area contributed by atoms with Gasteiger partial charge in [0.25, 0.3) is 0 Å². The summed E-state index contributed by atoms with van der Waals surface area (Å²) in [7, 11) is 0. The van der Waals surface area contributed by atoms with Gasteiger partial charge in [-0.05, 0) is 0 Å². The Morgan fingerprint density at radius 2 is 0.467 bits per heavy atom. The van der Waals surface area contributed by atoms with E-state index in [1.165, 1.54) is 140 Å². The predicted molar refractivity (Wildman–Crippen MR) is 68.0 cm³/mol. The van der Waals surface area contributed by atoms with E-state index in [4.69, 9.17) is 0 Å². The molecule has 0 nitrogen and oxygen atoms in total. The second kappa shape index (κ2) is 21.2. The van der Waals surface area contributed by atoms with Gasteiger partial charge < -0.3 is 1.43 Å². The molecule has 2 aliphatic rings. The molecule has 2 saturated carbocycles. The van der Waals surface area contributed by atoms with Crippen LogP contribution in [0.15, 0.2) is 0 Å². The van der Waals surface area contributed by atoms with E-state index in [0.29, 0.717) is 0 Å². The molecule has 2 aliphatic carbocycles. The van der Waals surface area contributed by atoms with Crippen LogP contribution in [0.5, 0.6) is 0 Å². The number of hydrogen-bond donors (Lipinski definition) is 0. The molecule has 0 bridgehead atoms. The number of hydrogen-bond acceptors (Lipinski definition) is 0. The van der Waals surface area contributed by atoms with Gasteiger partial charge in [0.1, 0.15) is 0 Å². The molecule has 0 amide bonds. The fraction of sp³-hybridized carbons (Fsp3) is 1.00. The van der Waals surface area contributed by atoms with Gasteiger partial charge in [0, 0.05) is 0 Å². The van der Waals surface area contributed by atoms with E-state index in [1.807, 2.05) is 0 Å². The van der Waals surface area contributed by atoms with Crippen LogP contribution in [0.4, 0.5) is 0 Å². The third-order valence-corrected chi connectivity index (χ3v) is 3.00. The zero-order valence-electron chi connectivity index (χ0n) is 12.5. The third kappa shape index (κ3) is 18.9. The summed E-state index contributed by atoms with van der Waals surface area (Å²) in [6.07, 6.45) is 18.0. The van der Waals surface area contributed by atoms with Crippen molar-refractivity contribution in [2.24, 2.45) is 0 Å². The maximum absolute atomic E-state index is 1.50. The SMILES string of the molecule is C1CCCCC1.C1CCCCC1.[H-].[K+].[K][K]. The summed E-state index contributed by atoms with van der Waals surface area (Å²) in [5.41, 5.74) is 0. The summed E-state index contributed by atoms with van der Waals surface area (Å²) < 4.78 is 0. The van der Waals surface area contributed by atoms with Crippen molar-refractivity contribution in [1.82, 2.24) is 0 Å². The standard InChI is InChI=1S/2C6H12.3K.H/c2*1-2-4-6-5-3-1;;;;/h2*1-6H2;;;;/q;;;;+1;-1. The van der Waals surface area contributed by atoms with E-state index in [9.17, 15) is 0 Å². The molecule has 0 aromatic rings. The molecule has 76 valence electrons. The summed E-state index contributed by atoms with van der Waals surface area (Å²) in [5, 5.41) is 0. The van der Waals surface area contributed by atoms with Gasteiger partial charge in [0.05, 0.1) is 0 Å². The van der Waals surface area contributed by atoms with Crippen LogP contribution < -0.4 is 51.4 Å². The first-order valence-corrected chi connectivity index (χ1v) is 23.0. The molecule has 2 fully saturated rings. The third-order valence-electron chi connectivity index (χ3n) is 3.00. The molecule has 0 heterocycles. The van der Waals surface area contributed by atoms with E-state index in [0.717, 1.165) is 0 Å². The fourth-order valence-corrected chi connectivity index (χ4v) is 2.12. The van der Waals surface area contributed by atoms with Crippen molar-refractivity contribution in [3.63, 3.8) is 0 Å². The van der Waals surface area contributed by atoms with Crippen molar-refractivity contribution < 1.29 is 52.8 Å². The molecule has 0 N–H and O–H groups in total. The Morgan fingerprint density at radius 1 is 0.400 bits per heavy atom. The monoisotopic (exact) mass is 286 g/mol. The number of rotatable bonds is 0. The van der Waals surface area contributed by atoms with Crippen molar-refractivity contribution in [2.75, 3.05) is 0 Å². The van der Waals surface area contributed by atoms with Gasteiger partial charge in [0.15, 0.2) is 0 Å². The molecule has 3 heteroatoms. The Balaban J connectivity index is -0.000000165. The summed E-state index contributed by atoms with van der Waals surface area (Å²) >= 11 is 2.50. The van der Waals surface area contributed by atoms with Crippen LogP contribution in [-0.2, 0) is 0 Å². The van der Waals surface area contributed by atoms with Gasteiger partial charge in [-0.25, -0.2) is 0 Å². The minimum atomic E-state index is 0. The second-order valence-corrected chi connectivity index (χ2v) is 4.24. The molecule has 15 heavy (non-hydrogen) atoms. The van der Waals surface area contributed by atoms with Crippen molar-refractivity contribution in [3.05, 3.63) is 0 Å². The molecule has 0 spiro atoms. The average Bonchev–Trinajstić information content (AvgIpc) is 2.37. The Hall–Kier alpha value is 4.91. The quantitative estimate of drug-likeness (QED) is 0.584. The van der Waals surface area contributed by atoms with E-state index >= 15 is 0 Å². The Kier molecular flexibility index (Phi) is 31.4. The molecule has 0 atom stereocenters. The first kappa shape index (κ1) is 22.2. The predicted octanol–water partition coefficient (Wildman–Crippen LogP) is 1.04. The van der Waals surface area contributed by atoms with E-state index in [2.05, 4.69) is 0 Å². The van der Waals surface area contributed by atoms with Gasteiger partial charge in [0.2, 0.25) is 0 Å². The maximum atomic E-state index is 1.50. The van der Waals surface area contributed by atoms with Gasteiger partial charge in [-0.2, -0.15) is 0 Å². The molecule has 0 aliphatic heterocycles. The summed E-state index contributed by atoms with van der Waals surface area (Å²) in [5.74, 6) is 0. The van der Waals surface area contributed by atoms with E-state index in [-0.39, 0.29) is 52.8 Å². The van der Waals surface area contributed by atoms with Crippen LogP contribution in [-0.4, -0.2) is 63.2 Å². The Labute approximate surface area is 186 Å². The van der Waals surface area contributed by atoms with Crippen molar-refractivity contribution in [3.8, 4) is 0 Å². The Morgan fingerprint density at radius 3 is 0.533 bits per heavy atom. The minimum absolute atomic E-state index is 0. The van der Waals surface area contributed by atoms with Gasteiger partial charge in [-0.15, -0.1) is 0 Å². The average molecular weight is 287 g/mol. The Bertz CT molecular complexity index is 59.2. The zero-order valence-corrected chi connectivity index (χ0v) is 20.9. The van der Waals surface area contributed by atoms with Crippen LogP contribution in [0.25, 0.3) is 0 Å². The first-order chi connectivity index (χ1) is 7.00. The fourth-order valence-electron chi connectivity index (χ4n) is 2.12. The van der Waals surface area contributed by atoms with Crippen LogP contribution in [0.3, 0.4) is 0 Å². The van der Waals surface area contributed by atoms with Gasteiger partial charge in [-0.1, -0.05) is 77.0 Å². The molecule has 0 aromatic heterocycles. The topological polar surface area (TPSA) is 0 Å². The van der Waals surface area contributed by atoms with Crippen molar-refractivity contribution >= 4 is 63.2 Å². The molecular formula is C12H25K3. The van der Waals surface area contributed by atoms with Crippen LogP contribution in [0.2, 0.25) is 0 Å². The summed E-state index contributed by atoms with van der Waals surface area (Å²) in [6.45, 7) is 0. The van der Waals surface area contributed by atoms with Crippen LogP contribution in [0, 0.1) is 0 Å². The van der Waals surface area contributed by atoms with Crippen molar-refractivity contribution in [1.29, 1.82) is 0 Å². The van der Waals surface area contributed by atoms with E-state index < -0.39 is 0 Å². The van der Waals surface area contributed by atoms with E-state index in [1.54, 1.807) is 0 Å². The van der Waals surface area contributed by atoms with Gasteiger partial charge in [-0.3, -0.25) is 0 Å². The molecular weight excluding hydrogens is 261 g/mol. The molecule has 0 unspecified atom stereocenters. The molecule has 2 rings (SSSR count). The molecule has 0 radical (unpaired) electrons. The van der Waals surface area contributed by atoms with Gasteiger partial charge >= 0.3 is 115 Å². The molecule has 0 aromatic carbocycles. The van der Waals surface area contributed by atoms with Crippen molar-refractivity contribution in [2.45, 2.75) is 77.0 Å².